The summed E-state index contributed by atoms with van der Waals surface area (Å²) < 4.78 is 25.6. The first-order chi connectivity index (χ1) is 47.2. The van der Waals surface area contributed by atoms with Crippen molar-refractivity contribution >= 4 is 44.4 Å². The number of hydrogen-bond donors (Lipinski definition) is 2. The number of aromatic nitrogens is 4. The smallest absolute Gasteiger partial charge is 0.119 e. The summed E-state index contributed by atoms with van der Waals surface area (Å²) in [5.41, 5.74) is 21.0. The quantitative estimate of drug-likeness (QED) is 0.0370. The Labute approximate surface area is 579 Å². The Kier molecular flexibility index (Phi) is 30.2. The van der Waals surface area contributed by atoms with Gasteiger partial charge in [-0.3, -0.25) is 0 Å². The lowest BCUT2D eigenvalue weighted by atomic mass is 9.96. The minimum absolute atomic E-state index is 0.725. The van der Waals surface area contributed by atoms with Gasteiger partial charge in [-0.15, -0.1) is 0 Å². The summed E-state index contributed by atoms with van der Waals surface area (Å²) in [6, 6.07) is 43.8. The molecule has 0 atom stereocenters. The average Bonchev–Trinajstić information content (AvgIpc) is 1.60. The monoisotopic (exact) mass is 1290 g/mol. The molecule has 8 heteroatoms. The summed E-state index contributed by atoms with van der Waals surface area (Å²) in [4.78, 5) is 19.4. The SMILES string of the molecule is CCCCCCCCCCOc1ccc(C2=C(C)c3nc2ccc2[nH]c(c4nc(ccc5[nH]c3c(C)c5-c3ccc(OCCCCCCCCCC)cc3)C(c3ccc(OCCCCCCCCCC)cc3)=C4C)c(C)c2-c2ccc(OCCCCCCCCCC)cc2)cc1. The van der Waals surface area contributed by atoms with Crippen LogP contribution in [0.5, 0.6) is 23.0 Å². The molecule has 2 aliphatic heterocycles. The first kappa shape index (κ1) is 72.9. The zero-order valence-corrected chi connectivity index (χ0v) is 60.5. The summed E-state index contributed by atoms with van der Waals surface area (Å²) in [5, 5.41) is 0. The van der Waals surface area contributed by atoms with Gasteiger partial charge in [0.15, 0.2) is 0 Å². The van der Waals surface area contributed by atoms with E-state index in [1.54, 1.807) is 0 Å². The van der Waals surface area contributed by atoms with Crippen LogP contribution in [0.4, 0.5) is 0 Å². The molecule has 0 saturated heterocycles. The first-order valence-electron chi connectivity index (χ1n) is 38.3. The van der Waals surface area contributed by atoms with Crippen LogP contribution in [0.25, 0.3) is 66.6 Å². The highest BCUT2D eigenvalue weighted by Crippen LogP contribution is 2.44. The number of aromatic amines is 2. The standard InChI is InChI=1S/C88H118N4O4/c1-9-13-17-21-25-29-33-37-61-93-73-49-41-69(42-50-73)81-65(5)85-86-66(6)82(70-43-51-74(52-44-70)94-62-38-34-30-26-22-18-14-10-2)79(90-86)59-60-80-84(72-47-55-76(56-48-72)96-64-40-36-32-28-24-20-16-12-4)68(8)88(92-80)87-67(7)83(78(91-87)58-57-77(81)89-85)71-45-53-75(54-46-71)95-63-39-35-31-27-23-19-15-11-3/h41-60,89,92H,9-40,61-64H2,1-8H3. The number of aryl methyl sites for hydroxylation is 2. The van der Waals surface area contributed by atoms with Crippen LogP contribution in [-0.4, -0.2) is 46.4 Å². The molecule has 8 bridgehead atoms. The molecule has 0 spiro atoms. The fraction of sp³-hybridized carbons (Fsp3) is 0.500. The summed E-state index contributed by atoms with van der Waals surface area (Å²) in [7, 11) is 0. The van der Waals surface area contributed by atoms with Crippen LogP contribution < -0.4 is 18.9 Å². The molecule has 0 saturated carbocycles. The maximum atomic E-state index is 6.39. The van der Waals surface area contributed by atoms with Crippen LogP contribution >= 0.6 is 0 Å². The van der Waals surface area contributed by atoms with E-state index in [0.29, 0.717) is 0 Å². The van der Waals surface area contributed by atoms with Gasteiger partial charge in [0.1, 0.15) is 23.0 Å². The van der Waals surface area contributed by atoms with Gasteiger partial charge in [-0.25, -0.2) is 9.97 Å². The third-order valence-corrected chi connectivity index (χ3v) is 19.9. The zero-order chi connectivity index (χ0) is 67.1. The van der Waals surface area contributed by atoms with Crippen molar-refractivity contribution in [2.45, 2.75) is 261 Å². The third kappa shape index (κ3) is 20.9. The second kappa shape index (κ2) is 39.8. The maximum Gasteiger partial charge on any atom is 0.119 e. The Bertz CT molecular complexity index is 3450. The minimum Gasteiger partial charge on any atom is -0.494 e. The van der Waals surface area contributed by atoms with E-state index in [1.165, 1.54) is 180 Å². The van der Waals surface area contributed by atoms with Crippen LogP contribution in [-0.2, 0) is 0 Å². The van der Waals surface area contributed by atoms with Crippen molar-refractivity contribution in [3.63, 3.8) is 0 Å². The number of ether oxygens (including phenoxy) is 4. The number of fused-ring (bicyclic) bond motifs is 10. The van der Waals surface area contributed by atoms with Gasteiger partial charge in [0.05, 0.1) is 60.2 Å². The van der Waals surface area contributed by atoms with E-state index >= 15 is 0 Å². The summed E-state index contributed by atoms with van der Waals surface area (Å²) >= 11 is 0. The number of rotatable bonds is 44. The first-order valence-corrected chi connectivity index (χ1v) is 38.3. The molecule has 0 amide bonds. The molecule has 2 N–H and O–H groups in total. The van der Waals surface area contributed by atoms with Crippen LogP contribution in [0.2, 0.25) is 0 Å². The van der Waals surface area contributed by atoms with E-state index in [4.69, 9.17) is 28.9 Å². The molecule has 7 aromatic rings. The number of unbranched alkanes of at least 4 members (excludes halogenated alkanes) is 28. The number of hydrogen-bond acceptors (Lipinski definition) is 6. The Morgan fingerprint density at radius 3 is 0.771 bits per heavy atom. The molecule has 0 radical (unpaired) electrons. The van der Waals surface area contributed by atoms with Crippen molar-refractivity contribution < 1.29 is 18.9 Å². The topological polar surface area (TPSA) is 94.3 Å². The Morgan fingerprint density at radius 1 is 0.271 bits per heavy atom. The average molecular weight is 1300 g/mol. The van der Waals surface area contributed by atoms with E-state index < -0.39 is 0 Å². The van der Waals surface area contributed by atoms with Crippen LogP contribution in [0, 0.1) is 13.8 Å². The van der Waals surface area contributed by atoms with Crippen LogP contribution in [0.3, 0.4) is 0 Å². The second-order valence-corrected chi connectivity index (χ2v) is 27.6. The van der Waals surface area contributed by atoms with Crippen LogP contribution in [0.15, 0.2) is 121 Å². The summed E-state index contributed by atoms with van der Waals surface area (Å²) in [5.74, 6) is 3.59. The highest BCUT2D eigenvalue weighted by atomic mass is 16.5. The fourth-order valence-electron chi connectivity index (χ4n) is 14.2. The second-order valence-electron chi connectivity index (χ2n) is 27.6. The fourth-order valence-corrected chi connectivity index (χ4v) is 14.2. The molecule has 4 aromatic carbocycles. The Hall–Kier alpha value is -7.32. The predicted octanol–water partition coefficient (Wildman–Crippen LogP) is 26.3. The lowest BCUT2D eigenvalue weighted by Crippen LogP contribution is -1.97. The molecular formula is C88H118N4O4. The minimum atomic E-state index is 0.725. The van der Waals surface area contributed by atoms with E-state index in [-0.39, 0.29) is 0 Å². The van der Waals surface area contributed by atoms with Crippen molar-refractivity contribution in [3.8, 4) is 45.3 Å². The van der Waals surface area contributed by atoms with Crippen molar-refractivity contribution in [2.24, 2.45) is 0 Å². The number of nitrogens with one attached hydrogen (secondary N) is 2. The van der Waals surface area contributed by atoms with Gasteiger partial charge in [0.2, 0.25) is 0 Å². The maximum absolute atomic E-state index is 6.39. The zero-order valence-electron chi connectivity index (χ0n) is 60.5. The molecule has 0 unspecified atom stereocenters. The van der Waals surface area contributed by atoms with Gasteiger partial charge in [-0.1, -0.05) is 256 Å². The molecule has 0 aliphatic carbocycles. The molecule has 2 aliphatic rings. The summed E-state index contributed by atoms with van der Waals surface area (Å²) in [6.45, 7) is 21.0. The number of H-pyrrole nitrogens is 2. The molecule has 514 valence electrons. The molecule has 8 nitrogen and oxygen atoms in total. The highest BCUT2D eigenvalue weighted by Gasteiger charge is 2.26. The molecule has 3 aromatic heterocycles. The van der Waals surface area contributed by atoms with Crippen molar-refractivity contribution in [1.82, 2.24) is 19.9 Å². The molecule has 9 rings (SSSR count). The van der Waals surface area contributed by atoms with E-state index in [9.17, 15) is 0 Å². The van der Waals surface area contributed by atoms with E-state index in [0.717, 1.165) is 187 Å². The van der Waals surface area contributed by atoms with E-state index in [1.807, 2.05) is 0 Å². The number of allylic oxidation sites excluding steroid dienone is 2. The van der Waals surface area contributed by atoms with Crippen molar-refractivity contribution in [2.75, 3.05) is 26.4 Å². The molecule has 5 heterocycles. The lowest BCUT2D eigenvalue weighted by molar-refractivity contribution is 0.304. The Balaban J connectivity index is 1.11. The van der Waals surface area contributed by atoms with Gasteiger partial charge in [0.25, 0.3) is 0 Å². The third-order valence-electron chi connectivity index (χ3n) is 19.9. The number of nitrogens with zero attached hydrogens (tertiary/aromatic N) is 2. The van der Waals surface area contributed by atoms with Gasteiger partial charge < -0.3 is 28.9 Å². The van der Waals surface area contributed by atoms with Crippen molar-refractivity contribution in [1.29, 1.82) is 0 Å². The lowest BCUT2D eigenvalue weighted by Gasteiger charge is -2.09. The highest BCUT2D eigenvalue weighted by molar-refractivity contribution is 6.06. The van der Waals surface area contributed by atoms with Gasteiger partial charge in [-0.2, -0.15) is 0 Å². The van der Waals surface area contributed by atoms with Crippen LogP contribution in [0.1, 0.15) is 292 Å². The molecule has 96 heavy (non-hydrogen) atoms. The number of benzene rings is 4. The summed E-state index contributed by atoms with van der Waals surface area (Å²) in [6.07, 6.45) is 40.7. The van der Waals surface area contributed by atoms with E-state index in [2.05, 4.69) is 187 Å². The van der Waals surface area contributed by atoms with Gasteiger partial charge in [-0.05, 0) is 171 Å². The normalized spacial score (nSPS) is 12.3. The van der Waals surface area contributed by atoms with Gasteiger partial charge >= 0.3 is 0 Å². The molecular weight excluding hydrogens is 1180 g/mol. The Morgan fingerprint density at radius 2 is 0.510 bits per heavy atom. The largest absolute Gasteiger partial charge is 0.494 e. The van der Waals surface area contributed by atoms with Crippen molar-refractivity contribution in [3.05, 3.63) is 166 Å². The van der Waals surface area contributed by atoms with Gasteiger partial charge in [0, 0.05) is 33.3 Å². The predicted molar refractivity (Wildman–Crippen MR) is 410 cm³/mol. The molecule has 0 fully saturated rings.